The maximum atomic E-state index is 12.7. The van der Waals surface area contributed by atoms with E-state index in [9.17, 15) is 28.4 Å². The Balaban J connectivity index is 1.85. The predicted molar refractivity (Wildman–Crippen MR) is 107 cm³/mol. The Labute approximate surface area is 165 Å². The number of phenolic OH excluding ortho intramolecular Hbond substituents is 1. The Kier molecular flexibility index (Phi) is 5.16. The van der Waals surface area contributed by atoms with Gasteiger partial charge in [-0.2, -0.15) is 10.1 Å². The number of nitro groups is 1. The molecule has 1 amide bonds. The van der Waals surface area contributed by atoms with Crippen LogP contribution in [0.2, 0.25) is 0 Å². The zero-order valence-electron chi connectivity index (χ0n) is 15.4. The lowest BCUT2D eigenvalue weighted by Gasteiger charge is -2.12. The van der Waals surface area contributed by atoms with Crippen LogP contribution < -0.4 is 5.01 Å². The van der Waals surface area contributed by atoms with Gasteiger partial charge in [0, 0.05) is 24.6 Å². The standard InChI is InChI=1S/C18H16N4O6S/c1-11-15(10-19-16-9-14(29(2,27)28)7-8-17(16)23)18(24)21(20-11)12-3-5-13(6-4-12)22(25)26/h3-10,15,23H,1-2H3. The molecule has 0 aromatic heterocycles. The fourth-order valence-corrected chi connectivity index (χ4v) is 3.28. The van der Waals surface area contributed by atoms with Crippen molar-refractivity contribution in [2.45, 2.75) is 11.8 Å². The van der Waals surface area contributed by atoms with E-state index in [1.807, 2.05) is 0 Å². The van der Waals surface area contributed by atoms with E-state index in [0.29, 0.717) is 11.4 Å². The molecular formula is C18H16N4O6S. The van der Waals surface area contributed by atoms with Gasteiger partial charge in [-0.15, -0.1) is 0 Å². The Morgan fingerprint density at radius 3 is 2.48 bits per heavy atom. The number of aliphatic imine (C=N–C) groups is 1. The molecule has 1 N–H and O–H groups in total. The molecule has 2 aromatic rings. The van der Waals surface area contributed by atoms with E-state index in [0.717, 1.165) is 11.3 Å². The van der Waals surface area contributed by atoms with Crippen molar-refractivity contribution in [3.63, 3.8) is 0 Å². The van der Waals surface area contributed by atoms with Crippen molar-refractivity contribution in [3.8, 4) is 5.75 Å². The first-order valence-electron chi connectivity index (χ1n) is 8.28. The zero-order valence-corrected chi connectivity index (χ0v) is 16.2. The first-order chi connectivity index (χ1) is 13.6. The van der Waals surface area contributed by atoms with Crippen LogP contribution in [0.25, 0.3) is 0 Å². The third-order valence-electron chi connectivity index (χ3n) is 4.23. The van der Waals surface area contributed by atoms with Crippen LogP contribution in [0.1, 0.15) is 6.92 Å². The van der Waals surface area contributed by atoms with Gasteiger partial charge in [0.2, 0.25) is 0 Å². The van der Waals surface area contributed by atoms with Gasteiger partial charge in [0.25, 0.3) is 11.6 Å². The molecule has 150 valence electrons. The first-order valence-corrected chi connectivity index (χ1v) is 10.2. The number of nitrogens with zero attached hydrogens (tertiary/aromatic N) is 4. The molecule has 1 aliphatic heterocycles. The van der Waals surface area contributed by atoms with E-state index < -0.39 is 26.6 Å². The van der Waals surface area contributed by atoms with Crippen LogP contribution in [0.15, 0.2) is 57.5 Å². The number of carbonyl (C=O) groups excluding carboxylic acids is 1. The average Bonchev–Trinajstić information content (AvgIpc) is 2.94. The lowest BCUT2D eigenvalue weighted by atomic mass is 10.1. The number of rotatable bonds is 5. The molecule has 3 rings (SSSR count). The Morgan fingerprint density at radius 2 is 1.90 bits per heavy atom. The fourth-order valence-electron chi connectivity index (χ4n) is 2.64. The van der Waals surface area contributed by atoms with E-state index in [-0.39, 0.29) is 22.0 Å². The second-order valence-electron chi connectivity index (χ2n) is 6.34. The second-order valence-corrected chi connectivity index (χ2v) is 8.36. The summed E-state index contributed by atoms with van der Waals surface area (Å²) < 4.78 is 23.3. The lowest BCUT2D eigenvalue weighted by molar-refractivity contribution is -0.384. The molecule has 0 saturated heterocycles. The highest BCUT2D eigenvalue weighted by atomic mass is 32.2. The van der Waals surface area contributed by atoms with E-state index >= 15 is 0 Å². The second kappa shape index (κ2) is 7.43. The quantitative estimate of drug-likeness (QED) is 0.450. The molecule has 0 radical (unpaired) electrons. The van der Waals surface area contributed by atoms with Gasteiger partial charge in [0.15, 0.2) is 9.84 Å². The van der Waals surface area contributed by atoms with Crippen molar-refractivity contribution < 1.29 is 23.2 Å². The van der Waals surface area contributed by atoms with Crippen LogP contribution in [0, 0.1) is 16.0 Å². The van der Waals surface area contributed by atoms with Crippen LogP contribution in [-0.4, -0.2) is 42.5 Å². The van der Waals surface area contributed by atoms with Gasteiger partial charge in [-0.1, -0.05) is 0 Å². The summed E-state index contributed by atoms with van der Waals surface area (Å²) >= 11 is 0. The summed E-state index contributed by atoms with van der Waals surface area (Å²) in [5.41, 5.74) is 0.677. The number of sulfone groups is 1. The van der Waals surface area contributed by atoms with Crippen molar-refractivity contribution >= 4 is 44.7 Å². The third-order valence-corrected chi connectivity index (χ3v) is 5.34. The molecule has 0 spiro atoms. The van der Waals surface area contributed by atoms with Gasteiger partial charge in [0.1, 0.15) is 17.4 Å². The molecule has 0 saturated carbocycles. The summed E-state index contributed by atoms with van der Waals surface area (Å²) in [6.07, 6.45) is 2.31. The number of aromatic hydroxyl groups is 1. The maximum absolute atomic E-state index is 12.7. The Hall–Kier alpha value is -3.60. The van der Waals surface area contributed by atoms with Gasteiger partial charge in [-0.25, -0.2) is 8.42 Å². The molecule has 0 aliphatic carbocycles. The monoisotopic (exact) mass is 416 g/mol. The minimum atomic E-state index is -3.49. The number of hydrogen-bond donors (Lipinski definition) is 1. The molecule has 1 aliphatic rings. The summed E-state index contributed by atoms with van der Waals surface area (Å²) in [7, 11) is -3.49. The molecule has 1 atom stereocenters. The lowest BCUT2D eigenvalue weighted by Crippen LogP contribution is -2.27. The number of hydrazone groups is 1. The largest absolute Gasteiger partial charge is 0.506 e. The minimum Gasteiger partial charge on any atom is -0.506 e. The Morgan fingerprint density at radius 1 is 1.24 bits per heavy atom. The topological polar surface area (TPSA) is 143 Å². The van der Waals surface area contributed by atoms with Gasteiger partial charge in [0.05, 0.1) is 21.2 Å². The number of phenols is 1. The third kappa shape index (κ3) is 4.14. The van der Waals surface area contributed by atoms with Crippen molar-refractivity contribution in [2.24, 2.45) is 16.0 Å². The molecule has 0 bridgehead atoms. The van der Waals surface area contributed by atoms with Crippen molar-refractivity contribution in [1.29, 1.82) is 0 Å². The highest BCUT2D eigenvalue weighted by Gasteiger charge is 2.33. The van der Waals surface area contributed by atoms with E-state index in [4.69, 9.17) is 0 Å². The summed E-state index contributed by atoms with van der Waals surface area (Å²) in [5.74, 6) is -1.49. The van der Waals surface area contributed by atoms with Crippen LogP contribution in [-0.2, 0) is 14.6 Å². The van der Waals surface area contributed by atoms with Crippen LogP contribution >= 0.6 is 0 Å². The van der Waals surface area contributed by atoms with Gasteiger partial charge < -0.3 is 5.11 Å². The number of nitro benzene ring substituents is 1. The Bertz CT molecular complexity index is 1160. The smallest absolute Gasteiger partial charge is 0.269 e. The predicted octanol–water partition coefficient (Wildman–Crippen LogP) is 2.45. The average molecular weight is 416 g/mol. The van der Waals surface area contributed by atoms with Crippen LogP contribution in [0.5, 0.6) is 5.75 Å². The number of non-ortho nitro benzene ring substituents is 1. The maximum Gasteiger partial charge on any atom is 0.269 e. The number of amides is 1. The van der Waals surface area contributed by atoms with Crippen molar-refractivity contribution in [1.82, 2.24) is 0 Å². The summed E-state index contributed by atoms with van der Waals surface area (Å²) in [4.78, 5) is 27.0. The minimum absolute atomic E-state index is 0.00214. The molecular weight excluding hydrogens is 400 g/mol. The van der Waals surface area contributed by atoms with E-state index in [1.54, 1.807) is 6.92 Å². The van der Waals surface area contributed by atoms with Crippen LogP contribution in [0.4, 0.5) is 17.1 Å². The molecule has 1 unspecified atom stereocenters. The molecule has 11 heteroatoms. The van der Waals surface area contributed by atoms with Gasteiger partial charge >= 0.3 is 0 Å². The summed E-state index contributed by atoms with van der Waals surface area (Å²) in [5, 5.41) is 26.0. The van der Waals surface area contributed by atoms with Gasteiger partial charge in [-0.3, -0.25) is 19.9 Å². The van der Waals surface area contributed by atoms with Crippen LogP contribution in [0.3, 0.4) is 0 Å². The summed E-state index contributed by atoms with van der Waals surface area (Å²) in [6, 6.07) is 9.03. The number of hydrogen-bond acceptors (Lipinski definition) is 8. The number of anilines is 1. The molecule has 10 nitrogen and oxygen atoms in total. The molecule has 2 aromatic carbocycles. The van der Waals surface area contributed by atoms with Crippen molar-refractivity contribution in [2.75, 3.05) is 11.3 Å². The molecule has 1 heterocycles. The molecule has 29 heavy (non-hydrogen) atoms. The zero-order chi connectivity index (χ0) is 21.3. The van der Waals surface area contributed by atoms with Crippen molar-refractivity contribution in [3.05, 3.63) is 52.6 Å². The normalized spacial score (nSPS) is 17.0. The molecule has 0 fully saturated rings. The number of carbonyl (C=O) groups is 1. The SMILES string of the molecule is CC1=NN(c2ccc([N+](=O)[O-])cc2)C(=O)C1C=Nc1cc(S(C)(=O)=O)ccc1O. The van der Waals surface area contributed by atoms with E-state index in [1.165, 1.54) is 48.7 Å². The fraction of sp³-hybridized carbons (Fsp3) is 0.167. The highest BCUT2D eigenvalue weighted by Crippen LogP contribution is 2.30. The number of benzene rings is 2. The summed E-state index contributed by atoms with van der Waals surface area (Å²) in [6.45, 7) is 1.62. The van der Waals surface area contributed by atoms with Gasteiger partial charge in [-0.05, 0) is 37.3 Å². The van der Waals surface area contributed by atoms with E-state index in [2.05, 4.69) is 10.1 Å². The highest BCUT2D eigenvalue weighted by molar-refractivity contribution is 7.90. The first kappa shape index (κ1) is 20.1.